The highest BCUT2D eigenvalue weighted by molar-refractivity contribution is 9.11. The summed E-state index contributed by atoms with van der Waals surface area (Å²) in [5, 5.41) is 3.32. The molecule has 0 unspecified atom stereocenters. The molecule has 0 aliphatic carbocycles. The zero-order valence-electron chi connectivity index (χ0n) is 10.5. The topological polar surface area (TPSA) is 38.1 Å². The lowest BCUT2D eigenvalue weighted by Crippen LogP contribution is -2.01. The molecule has 0 radical (unpaired) electrons. The van der Waals surface area contributed by atoms with Crippen molar-refractivity contribution in [2.45, 2.75) is 27.3 Å². The minimum Gasteiger partial charge on any atom is -0.444 e. The van der Waals surface area contributed by atoms with Crippen LogP contribution in [0.2, 0.25) is 0 Å². The van der Waals surface area contributed by atoms with Gasteiger partial charge in [0.15, 0.2) is 0 Å². The third kappa shape index (κ3) is 2.95. The fourth-order valence-corrected chi connectivity index (χ4v) is 3.34. The van der Waals surface area contributed by atoms with Crippen LogP contribution in [0.1, 0.15) is 22.9 Å². The molecule has 3 nitrogen and oxygen atoms in total. The Morgan fingerprint density at radius 3 is 2.28 bits per heavy atom. The van der Waals surface area contributed by atoms with E-state index in [0.29, 0.717) is 12.4 Å². The predicted molar refractivity (Wildman–Crippen MR) is 79.9 cm³/mol. The maximum absolute atomic E-state index is 5.54. The zero-order valence-corrected chi connectivity index (χ0v) is 13.6. The number of aromatic nitrogens is 1. The van der Waals surface area contributed by atoms with Crippen LogP contribution in [0.25, 0.3) is 0 Å². The second-order valence-electron chi connectivity index (χ2n) is 4.21. The van der Waals surface area contributed by atoms with E-state index in [2.05, 4.69) is 61.2 Å². The molecule has 0 aliphatic rings. The van der Waals surface area contributed by atoms with Crippen LogP contribution < -0.4 is 5.32 Å². The van der Waals surface area contributed by atoms with E-state index >= 15 is 0 Å². The van der Waals surface area contributed by atoms with E-state index in [-0.39, 0.29) is 0 Å². The molecule has 0 bridgehead atoms. The summed E-state index contributed by atoms with van der Waals surface area (Å²) in [6.45, 7) is 6.48. The quantitative estimate of drug-likeness (QED) is 0.844. The second kappa shape index (κ2) is 5.45. The van der Waals surface area contributed by atoms with Gasteiger partial charge in [0.25, 0.3) is 0 Å². The van der Waals surface area contributed by atoms with E-state index in [1.165, 1.54) is 5.56 Å². The minimum atomic E-state index is 0.564. The van der Waals surface area contributed by atoms with E-state index in [9.17, 15) is 0 Å². The van der Waals surface area contributed by atoms with Crippen molar-refractivity contribution in [1.29, 1.82) is 0 Å². The lowest BCUT2D eigenvalue weighted by atomic mass is 10.2. The first-order valence-electron chi connectivity index (χ1n) is 5.60. The van der Waals surface area contributed by atoms with E-state index < -0.39 is 0 Å². The van der Waals surface area contributed by atoms with Gasteiger partial charge in [0, 0.05) is 8.95 Å². The van der Waals surface area contributed by atoms with E-state index in [1.807, 2.05) is 13.8 Å². The molecule has 2 aromatic rings. The Morgan fingerprint density at radius 2 is 1.78 bits per heavy atom. The largest absolute Gasteiger partial charge is 0.444 e. The predicted octanol–water partition coefficient (Wildman–Crippen LogP) is 4.74. The third-order valence-electron chi connectivity index (χ3n) is 2.68. The Hall–Kier alpha value is -0.810. The summed E-state index contributed by atoms with van der Waals surface area (Å²) in [6.07, 6.45) is 0. The van der Waals surface area contributed by atoms with Crippen LogP contribution in [0, 0.1) is 20.8 Å². The van der Waals surface area contributed by atoms with Gasteiger partial charge in [0.2, 0.25) is 5.89 Å². The molecule has 0 saturated carbocycles. The number of oxazole rings is 1. The lowest BCUT2D eigenvalue weighted by molar-refractivity contribution is 0.478. The second-order valence-corrected chi connectivity index (χ2v) is 5.91. The van der Waals surface area contributed by atoms with Gasteiger partial charge in [-0.05, 0) is 70.3 Å². The Kier molecular flexibility index (Phi) is 4.12. The highest BCUT2D eigenvalue weighted by atomic mass is 79.9. The molecule has 2 rings (SSSR count). The van der Waals surface area contributed by atoms with Gasteiger partial charge in [0.05, 0.1) is 17.9 Å². The molecule has 18 heavy (non-hydrogen) atoms. The first kappa shape index (κ1) is 13.6. The molecule has 96 valence electrons. The first-order valence-corrected chi connectivity index (χ1v) is 7.18. The molecule has 5 heteroatoms. The number of benzene rings is 1. The summed E-state index contributed by atoms with van der Waals surface area (Å²) in [5.74, 6) is 1.57. The summed E-state index contributed by atoms with van der Waals surface area (Å²) in [5.41, 5.74) is 3.14. The molecule has 0 saturated heterocycles. The van der Waals surface area contributed by atoms with Crippen molar-refractivity contribution >= 4 is 37.5 Å². The number of hydrogen-bond donors (Lipinski definition) is 1. The summed E-state index contributed by atoms with van der Waals surface area (Å²) in [7, 11) is 0. The SMILES string of the molecule is Cc1cc(Br)c(NCc2nc(C)c(C)o2)c(Br)c1. The average Bonchev–Trinajstić information content (AvgIpc) is 2.56. The standard InChI is InChI=1S/C13H14Br2N2O/c1-7-4-10(14)13(11(15)5-7)16-6-12-17-8(2)9(3)18-12/h4-5,16H,6H2,1-3H3. The number of hydrogen-bond acceptors (Lipinski definition) is 3. The number of nitrogens with one attached hydrogen (secondary N) is 1. The molecule has 0 amide bonds. The van der Waals surface area contributed by atoms with Crippen LogP contribution in [0.3, 0.4) is 0 Å². The molecule has 0 aliphatic heterocycles. The summed E-state index contributed by atoms with van der Waals surface area (Å²) < 4.78 is 7.58. The molecule has 0 spiro atoms. The average molecular weight is 374 g/mol. The van der Waals surface area contributed by atoms with Crippen LogP contribution in [-0.2, 0) is 6.54 Å². The van der Waals surface area contributed by atoms with Gasteiger partial charge in [-0.3, -0.25) is 0 Å². The van der Waals surface area contributed by atoms with E-state index in [4.69, 9.17) is 4.42 Å². The van der Waals surface area contributed by atoms with Gasteiger partial charge in [-0.25, -0.2) is 4.98 Å². The van der Waals surface area contributed by atoms with E-state index in [1.54, 1.807) is 0 Å². The normalized spacial score (nSPS) is 10.7. The smallest absolute Gasteiger partial charge is 0.213 e. The minimum absolute atomic E-state index is 0.564. The van der Waals surface area contributed by atoms with Crippen molar-refractivity contribution < 1.29 is 4.42 Å². The van der Waals surface area contributed by atoms with Crippen molar-refractivity contribution in [2.24, 2.45) is 0 Å². The molecular weight excluding hydrogens is 360 g/mol. The van der Waals surface area contributed by atoms with Crippen molar-refractivity contribution in [3.63, 3.8) is 0 Å². The maximum atomic E-state index is 5.54. The monoisotopic (exact) mass is 372 g/mol. The molecule has 0 fully saturated rings. The van der Waals surface area contributed by atoms with Crippen LogP contribution in [0.15, 0.2) is 25.5 Å². The fraction of sp³-hybridized carbons (Fsp3) is 0.308. The van der Waals surface area contributed by atoms with Crippen LogP contribution >= 0.6 is 31.9 Å². The van der Waals surface area contributed by atoms with Crippen LogP contribution in [-0.4, -0.2) is 4.98 Å². The molecule has 1 heterocycles. The highest BCUT2D eigenvalue weighted by Gasteiger charge is 2.09. The highest BCUT2D eigenvalue weighted by Crippen LogP contribution is 2.32. The lowest BCUT2D eigenvalue weighted by Gasteiger charge is -2.10. The summed E-state index contributed by atoms with van der Waals surface area (Å²) in [4.78, 5) is 4.34. The molecule has 1 aromatic heterocycles. The van der Waals surface area contributed by atoms with Crippen molar-refractivity contribution in [1.82, 2.24) is 4.98 Å². The molecular formula is C13H14Br2N2O. The number of anilines is 1. The number of aryl methyl sites for hydroxylation is 3. The molecule has 1 aromatic carbocycles. The van der Waals surface area contributed by atoms with Gasteiger partial charge >= 0.3 is 0 Å². The van der Waals surface area contributed by atoms with Crippen molar-refractivity contribution in [3.8, 4) is 0 Å². The summed E-state index contributed by atoms with van der Waals surface area (Å²) in [6, 6.07) is 4.14. The third-order valence-corrected chi connectivity index (χ3v) is 3.93. The van der Waals surface area contributed by atoms with Crippen LogP contribution in [0.4, 0.5) is 5.69 Å². The van der Waals surface area contributed by atoms with Crippen molar-refractivity contribution in [2.75, 3.05) is 5.32 Å². The van der Waals surface area contributed by atoms with Crippen LogP contribution in [0.5, 0.6) is 0 Å². The van der Waals surface area contributed by atoms with Gasteiger partial charge in [-0.1, -0.05) is 0 Å². The fourth-order valence-electron chi connectivity index (χ4n) is 1.65. The van der Waals surface area contributed by atoms with E-state index in [0.717, 1.165) is 26.1 Å². The van der Waals surface area contributed by atoms with Gasteiger partial charge < -0.3 is 9.73 Å². The number of halogens is 2. The summed E-state index contributed by atoms with van der Waals surface area (Å²) >= 11 is 7.10. The van der Waals surface area contributed by atoms with Gasteiger partial charge in [-0.2, -0.15) is 0 Å². The molecule has 1 N–H and O–H groups in total. The van der Waals surface area contributed by atoms with Gasteiger partial charge in [-0.15, -0.1) is 0 Å². The number of nitrogens with zero attached hydrogens (tertiary/aromatic N) is 1. The maximum Gasteiger partial charge on any atom is 0.213 e. The van der Waals surface area contributed by atoms with Crippen molar-refractivity contribution in [3.05, 3.63) is 44.0 Å². The zero-order chi connectivity index (χ0) is 13.3. The Bertz CT molecular complexity index is 536. The van der Waals surface area contributed by atoms with Gasteiger partial charge in [0.1, 0.15) is 5.76 Å². The Morgan fingerprint density at radius 1 is 1.17 bits per heavy atom. The number of rotatable bonds is 3. The Labute approximate surface area is 123 Å². The Balaban J connectivity index is 2.15. The molecule has 0 atom stereocenters. The first-order chi connectivity index (χ1) is 8.47.